The van der Waals surface area contributed by atoms with Gasteiger partial charge < -0.3 is 4.12 Å². The Labute approximate surface area is 86.1 Å². The topological polar surface area (TPSA) is 9.23 Å². The molecule has 0 heterocycles. The van der Waals surface area contributed by atoms with Gasteiger partial charge in [0.05, 0.1) is 0 Å². The van der Waals surface area contributed by atoms with Crippen molar-refractivity contribution in [2.24, 2.45) is 0 Å². The van der Waals surface area contributed by atoms with Crippen LogP contribution in [-0.4, -0.2) is 17.4 Å². The highest BCUT2D eigenvalue weighted by molar-refractivity contribution is 6.81. The summed E-state index contributed by atoms with van der Waals surface area (Å²) in [7, 11) is -2.28. The predicted molar refractivity (Wildman–Crippen MR) is 66.1 cm³/mol. The molecule has 0 amide bonds. The smallest absolute Gasteiger partial charge is 0.198 e. The summed E-state index contributed by atoms with van der Waals surface area (Å²) in [5.41, 5.74) is 2.34. The molecule has 3 heteroatoms. The number of rotatable bonds is 6. The zero-order valence-corrected chi connectivity index (χ0v) is 11.9. The third kappa shape index (κ3) is 8.46. The molecule has 0 aromatic rings. The monoisotopic (exact) mass is 216 g/mol. The highest BCUT2D eigenvalue weighted by Crippen LogP contribution is 2.09. The average molecular weight is 216 g/mol. The summed E-state index contributed by atoms with van der Waals surface area (Å²) in [5, 5.41) is 0. The molecule has 0 bridgehead atoms. The SMILES string of the molecule is CCCCC=C[Si](C)(C)O[SiH](C)C. The first-order chi connectivity index (χ1) is 5.98. The van der Waals surface area contributed by atoms with Crippen LogP contribution in [0, 0.1) is 0 Å². The molecule has 0 saturated carbocycles. The van der Waals surface area contributed by atoms with Crippen LogP contribution in [0.15, 0.2) is 11.8 Å². The van der Waals surface area contributed by atoms with Gasteiger partial charge in [0.15, 0.2) is 17.4 Å². The van der Waals surface area contributed by atoms with E-state index in [0.717, 1.165) is 0 Å². The van der Waals surface area contributed by atoms with Gasteiger partial charge in [0.25, 0.3) is 0 Å². The second-order valence-corrected chi connectivity index (χ2v) is 10.9. The first-order valence-electron chi connectivity index (χ1n) is 5.33. The zero-order chi connectivity index (χ0) is 10.3. The third-order valence-corrected chi connectivity index (χ3v) is 7.14. The molecule has 0 spiro atoms. The van der Waals surface area contributed by atoms with E-state index in [-0.39, 0.29) is 0 Å². The van der Waals surface area contributed by atoms with E-state index >= 15 is 0 Å². The Balaban J connectivity index is 3.79. The first kappa shape index (κ1) is 13.1. The number of hydrogen-bond donors (Lipinski definition) is 0. The predicted octanol–water partition coefficient (Wildman–Crippen LogP) is 3.48. The van der Waals surface area contributed by atoms with Gasteiger partial charge in [-0.1, -0.05) is 31.5 Å². The van der Waals surface area contributed by atoms with Crippen molar-refractivity contribution in [3.05, 3.63) is 11.8 Å². The molecule has 0 aromatic heterocycles. The fourth-order valence-corrected chi connectivity index (χ4v) is 7.24. The molecule has 0 radical (unpaired) electrons. The van der Waals surface area contributed by atoms with Crippen molar-refractivity contribution >= 4 is 17.4 Å². The Morgan fingerprint density at radius 2 is 1.92 bits per heavy atom. The van der Waals surface area contributed by atoms with Crippen molar-refractivity contribution in [1.29, 1.82) is 0 Å². The van der Waals surface area contributed by atoms with Gasteiger partial charge in [-0.25, -0.2) is 0 Å². The quantitative estimate of drug-likeness (QED) is 0.488. The van der Waals surface area contributed by atoms with Gasteiger partial charge in [-0.15, -0.1) is 0 Å². The standard InChI is InChI=1S/C10H24OSi2/c1-6-7-8-9-10-13(4,5)11-12(2)3/h9-10,12H,6-8H2,1-5H3. The van der Waals surface area contributed by atoms with Crippen LogP contribution in [0.2, 0.25) is 26.2 Å². The van der Waals surface area contributed by atoms with Gasteiger partial charge in [0.1, 0.15) is 0 Å². The molecule has 0 rings (SSSR count). The lowest BCUT2D eigenvalue weighted by Gasteiger charge is -2.21. The molecule has 0 N–H and O–H groups in total. The summed E-state index contributed by atoms with van der Waals surface area (Å²) in [6.07, 6.45) is 6.12. The van der Waals surface area contributed by atoms with E-state index in [4.69, 9.17) is 4.12 Å². The molecule has 0 saturated heterocycles. The van der Waals surface area contributed by atoms with Crippen LogP contribution >= 0.6 is 0 Å². The lowest BCUT2D eigenvalue weighted by Crippen LogP contribution is -2.33. The van der Waals surface area contributed by atoms with Crippen LogP contribution in [0.3, 0.4) is 0 Å². The van der Waals surface area contributed by atoms with Crippen LogP contribution in [0.5, 0.6) is 0 Å². The molecule has 1 nitrogen and oxygen atoms in total. The molecular formula is C10H24OSi2. The van der Waals surface area contributed by atoms with Crippen molar-refractivity contribution in [3.8, 4) is 0 Å². The molecular weight excluding hydrogens is 192 g/mol. The Hall–Kier alpha value is 0.134. The lowest BCUT2D eigenvalue weighted by atomic mass is 10.2. The molecule has 0 aliphatic heterocycles. The summed E-state index contributed by atoms with van der Waals surface area (Å²) < 4.78 is 6.01. The average Bonchev–Trinajstić information content (AvgIpc) is 1.95. The Bertz CT molecular complexity index is 153. The second kappa shape index (κ2) is 6.57. The minimum absolute atomic E-state index is 0.844. The lowest BCUT2D eigenvalue weighted by molar-refractivity contribution is 0.589. The fraction of sp³-hybridized carbons (Fsp3) is 0.800. The molecule has 78 valence electrons. The van der Waals surface area contributed by atoms with E-state index in [9.17, 15) is 0 Å². The molecule has 0 aliphatic rings. The van der Waals surface area contributed by atoms with E-state index in [1.54, 1.807) is 0 Å². The Morgan fingerprint density at radius 3 is 2.38 bits per heavy atom. The number of unbranched alkanes of at least 4 members (excludes halogenated alkanes) is 2. The summed E-state index contributed by atoms with van der Waals surface area (Å²) in [6.45, 7) is 11.3. The van der Waals surface area contributed by atoms with Gasteiger partial charge >= 0.3 is 0 Å². The first-order valence-corrected chi connectivity index (χ1v) is 11.1. The molecule has 0 unspecified atom stereocenters. The zero-order valence-electron chi connectivity index (χ0n) is 9.76. The Morgan fingerprint density at radius 1 is 1.31 bits per heavy atom. The number of allylic oxidation sites excluding steroid dienone is 1. The van der Waals surface area contributed by atoms with Gasteiger partial charge in [-0.05, 0) is 32.6 Å². The van der Waals surface area contributed by atoms with E-state index in [0.29, 0.717) is 0 Å². The fourth-order valence-electron chi connectivity index (χ4n) is 1.34. The van der Waals surface area contributed by atoms with Gasteiger partial charge in [0, 0.05) is 0 Å². The van der Waals surface area contributed by atoms with Crippen molar-refractivity contribution in [2.75, 3.05) is 0 Å². The highest BCUT2D eigenvalue weighted by atomic mass is 28.4. The normalized spacial score (nSPS) is 13.1. The third-order valence-electron chi connectivity index (χ3n) is 1.78. The summed E-state index contributed by atoms with van der Waals surface area (Å²) in [6, 6.07) is 0. The van der Waals surface area contributed by atoms with Gasteiger partial charge in [-0.2, -0.15) is 0 Å². The van der Waals surface area contributed by atoms with Crippen LogP contribution in [0.4, 0.5) is 0 Å². The van der Waals surface area contributed by atoms with Gasteiger partial charge in [-0.3, -0.25) is 0 Å². The maximum atomic E-state index is 6.01. The van der Waals surface area contributed by atoms with Gasteiger partial charge in [0.2, 0.25) is 0 Å². The van der Waals surface area contributed by atoms with Crippen LogP contribution in [-0.2, 0) is 4.12 Å². The van der Waals surface area contributed by atoms with Crippen LogP contribution in [0.1, 0.15) is 26.2 Å². The van der Waals surface area contributed by atoms with Crippen molar-refractivity contribution in [3.63, 3.8) is 0 Å². The van der Waals surface area contributed by atoms with E-state index in [1.165, 1.54) is 19.3 Å². The largest absolute Gasteiger partial charge is 0.455 e. The van der Waals surface area contributed by atoms with Crippen LogP contribution < -0.4 is 0 Å². The minimum atomic E-state index is -1.44. The van der Waals surface area contributed by atoms with Crippen LogP contribution in [0.25, 0.3) is 0 Å². The molecule has 13 heavy (non-hydrogen) atoms. The van der Waals surface area contributed by atoms with Crippen molar-refractivity contribution in [2.45, 2.75) is 52.4 Å². The van der Waals surface area contributed by atoms with Crippen molar-refractivity contribution < 1.29 is 4.12 Å². The van der Waals surface area contributed by atoms with E-state index in [2.05, 4.69) is 44.9 Å². The van der Waals surface area contributed by atoms with E-state index in [1.807, 2.05) is 0 Å². The Kier molecular flexibility index (Phi) is 6.63. The van der Waals surface area contributed by atoms with E-state index < -0.39 is 17.4 Å². The van der Waals surface area contributed by atoms with Crippen molar-refractivity contribution in [1.82, 2.24) is 0 Å². The summed E-state index contributed by atoms with van der Waals surface area (Å²) in [4.78, 5) is 0. The number of hydrogen-bond acceptors (Lipinski definition) is 1. The molecule has 0 aromatic carbocycles. The highest BCUT2D eigenvalue weighted by Gasteiger charge is 2.19. The minimum Gasteiger partial charge on any atom is -0.455 e. The maximum Gasteiger partial charge on any atom is 0.198 e. The summed E-state index contributed by atoms with van der Waals surface area (Å²) in [5.74, 6) is 0. The molecule has 0 aliphatic carbocycles. The second-order valence-electron chi connectivity index (χ2n) is 4.31. The summed E-state index contributed by atoms with van der Waals surface area (Å²) >= 11 is 0. The maximum absolute atomic E-state index is 6.01. The molecule has 0 atom stereocenters. The molecule has 0 fully saturated rings.